The highest BCUT2D eigenvalue weighted by molar-refractivity contribution is 7.84. The zero-order valence-electron chi connectivity index (χ0n) is 11.4. The number of hydrazone groups is 1. The Morgan fingerprint density at radius 2 is 2.15 bits per heavy atom. The molecule has 2 rings (SSSR count). The van der Waals surface area contributed by atoms with Crippen molar-refractivity contribution in [2.24, 2.45) is 5.10 Å². The Labute approximate surface area is 120 Å². The molecule has 5 nitrogen and oxygen atoms in total. The highest BCUT2D eigenvalue weighted by atomic mass is 32.2. The van der Waals surface area contributed by atoms with E-state index < -0.39 is 10.8 Å². The van der Waals surface area contributed by atoms with Crippen molar-refractivity contribution in [1.29, 1.82) is 0 Å². The Morgan fingerprint density at radius 1 is 1.35 bits per heavy atom. The van der Waals surface area contributed by atoms with Crippen molar-refractivity contribution in [3.63, 3.8) is 0 Å². The van der Waals surface area contributed by atoms with E-state index in [1.54, 1.807) is 19.4 Å². The van der Waals surface area contributed by atoms with Gasteiger partial charge in [-0.3, -0.25) is 9.00 Å². The van der Waals surface area contributed by atoms with E-state index in [1.807, 2.05) is 24.3 Å². The molecular weight excluding hydrogens is 276 g/mol. The lowest BCUT2D eigenvalue weighted by atomic mass is 10.1. The standard InChI is InChI=1S/C14H16N2O3S/c1-19-12-5-3-4-10(14(12)20(2)18)6-7-11-8-9-13(17)16-15-11/h3-7H,8-9H2,1-2H3,(H,16,17). The minimum atomic E-state index is -1.15. The number of ether oxygens (including phenoxy) is 1. The van der Waals surface area contributed by atoms with E-state index in [2.05, 4.69) is 10.5 Å². The molecule has 106 valence electrons. The molecule has 0 fully saturated rings. The molecule has 0 bridgehead atoms. The van der Waals surface area contributed by atoms with E-state index in [-0.39, 0.29) is 5.91 Å². The lowest BCUT2D eigenvalue weighted by Gasteiger charge is -2.10. The molecule has 0 aliphatic carbocycles. The average molecular weight is 292 g/mol. The second-order valence-electron chi connectivity index (χ2n) is 4.30. The normalized spacial score (nSPS) is 16.7. The number of methoxy groups -OCH3 is 1. The summed E-state index contributed by atoms with van der Waals surface area (Å²) in [6.07, 6.45) is 6.33. The summed E-state index contributed by atoms with van der Waals surface area (Å²) in [5.74, 6) is 0.533. The third kappa shape index (κ3) is 3.33. The molecule has 0 radical (unpaired) electrons. The van der Waals surface area contributed by atoms with Crippen LogP contribution < -0.4 is 10.2 Å². The van der Waals surface area contributed by atoms with Crippen LogP contribution in [0.1, 0.15) is 18.4 Å². The molecule has 1 amide bonds. The van der Waals surface area contributed by atoms with Gasteiger partial charge in [-0.2, -0.15) is 5.10 Å². The van der Waals surface area contributed by atoms with Crippen LogP contribution in [0.5, 0.6) is 5.75 Å². The predicted octanol–water partition coefficient (Wildman–Crippen LogP) is 1.71. The molecule has 1 N–H and O–H groups in total. The summed E-state index contributed by atoms with van der Waals surface area (Å²) in [4.78, 5) is 11.7. The summed E-state index contributed by atoms with van der Waals surface area (Å²) in [5, 5.41) is 3.97. The summed E-state index contributed by atoms with van der Waals surface area (Å²) in [6, 6.07) is 5.50. The summed E-state index contributed by atoms with van der Waals surface area (Å²) >= 11 is 0. The van der Waals surface area contributed by atoms with Crippen molar-refractivity contribution in [3.05, 3.63) is 29.8 Å². The highest BCUT2D eigenvalue weighted by Gasteiger charge is 2.12. The van der Waals surface area contributed by atoms with Crippen molar-refractivity contribution in [2.45, 2.75) is 17.7 Å². The molecule has 1 aromatic rings. The Morgan fingerprint density at radius 3 is 2.75 bits per heavy atom. The summed E-state index contributed by atoms with van der Waals surface area (Å²) < 4.78 is 17.1. The van der Waals surface area contributed by atoms with Gasteiger partial charge < -0.3 is 4.74 Å². The molecule has 6 heteroatoms. The van der Waals surface area contributed by atoms with Crippen LogP contribution in [0.2, 0.25) is 0 Å². The van der Waals surface area contributed by atoms with E-state index in [9.17, 15) is 9.00 Å². The van der Waals surface area contributed by atoms with Crippen LogP contribution in [-0.2, 0) is 15.6 Å². The second-order valence-corrected chi connectivity index (χ2v) is 5.62. The minimum absolute atomic E-state index is 0.0705. The largest absolute Gasteiger partial charge is 0.495 e. The van der Waals surface area contributed by atoms with Crippen LogP contribution in [-0.4, -0.2) is 29.2 Å². The maximum Gasteiger partial charge on any atom is 0.240 e. The number of nitrogens with zero attached hydrogens (tertiary/aromatic N) is 1. The van der Waals surface area contributed by atoms with Gasteiger partial charge in [0.15, 0.2) is 0 Å². The van der Waals surface area contributed by atoms with Crippen molar-refractivity contribution in [3.8, 4) is 5.75 Å². The van der Waals surface area contributed by atoms with Gasteiger partial charge in [0.25, 0.3) is 0 Å². The zero-order chi connectivity index (χ0) is 14.5. The molecular formula is C14H16N2O3S. The third-order valence-electron chi connectivity index (χ3n) is 2.90. The van der Waals surface area contributed by atoms with E-state index in [4.69, 9.17) is 4.74 Å². The van der Waals surface area contributed by atoms with Crippen LogP contribution in [0.4, 0.5) is 0 Å². The van der Waals surface area contributed by atoms with Crippen LogP contribution in [0, 0.1) is 0 Å². The van der Waals surface area contributed by atoms with Gasteiger partial charge >= 0.3 is 0 Å². The van der Waals surface area contributed by atoms with Crippen LogP contribution in [0.15, 0.2) is 34.3 Å². The van der Waals surface area contributed by atoms with E-state index in [0.29, 0.717) is 23.5 Å². The number of carbonyl (C=O) groups is 1. The summed E-state index contributed by atoms with van der Waals surface area (Å²) in [7, 11) is 0.406. The molecule has 1 unspecified atom stereocenters. The van der Waals surface area contributed by atoms with Gasteiger partial charge in [0.1, 0.15) is 5.75 Å². The molecule has 1 atom stereocenters. The number of nitrogens with one attached hydrogen (secondary N) is 1. The van der Waals surface area contributed by atoms with Crippen molar-refractivity contribution >= 4 is 28.5 Å². The van der Waals surface area contributed by atoms with Crippen molar-refractivity contribution < 1.29 is 13.7 Å². The fraction of sp³-hybridized carbons (Fsp3) is 0.286. The first-order valence-corrected chi connectivity index (χ1v) is 7.71. The highest BCUT2D eigenvalue weighted by Crippen LogP contribution is 2.26. The molecule has 0 saturated carbocycles. The number of allylic oxidation sites excluding steroid dienone is 1. The van der Waals surface area contributed by atoms with Gasteiger partial charge in [-0.1, -0.05) is 18.2 Å². The van der Waals surface area contributed by atoms with Crippen LogP contribution >= 0.6 is 0 Å². The maximum absolute atomic E-state index is 11.8. The van der Waals surface area contributed by atoms with E-state index >= 15 is 0 Å². The molecule has 0 aromatic heterocycles. The lowest BCUT2D eigenvalue weighted by molar-refractivity contribution is -0.121. The summed E-state index contributed by atoms with van der Waals surface area (Å²) in [5.41, 5.74) is 4.06. The minimum Gasteiger partial charge on any atom is -0.495 e. The number of carbonyl (C=O) groups excluding carboxylic acids is 1. The topological polar surface area (TPSA) is 67.8 Å². The van der Waals surface area contributed by atoms with Gasteiger partial charge in [0.2, 0.25) is 5.91 Å². The zero-order valence-corrected chi connectivity index (χ0v) is 12.2. The van der Waals surface area contributed by atoms with Gasteiger partial charge in [-0.05, 0) is 17.7 Å². The Hall–Kier alpha value is -1.95. The first-order chi connectivity index (χ1) is 9.61. The SMILES string of the molecule is COc1cccc(C=CC2=NNC(=O)CC2)c1S(C)=O. The molecule has 0 saturated heterocycles. The van der Waals surface area contributed by atoms with Gasteiger partial charge in [0.05, 0.1) is 28.5 Å². The number of hydrogen-bond acceptors (Lipinski definition) is 4. The first-order valence-electron chi connectivity index (χ1n) is 6.15. The van der Waals surface area contributed by atoms with Crippen molar-refractivity contribution in [1.82, 2.24) is 5.43 Å². The lowest BCUT2D eigenvalue weighted by Crippen LogP contribution is -2.24. The molecule has 1 aliphatic rings. The van der Waals surface area contributed by atoms with Crippen LogP contribution in [0.3, 0.4) is 0 Å². The number of amides is 1. The second kappa shape index (κ2) is 6.47. The van der Waals surface area contributed by atoms with Crippen LogP contribution in [0.25, 0.3) is 6.08 Å². The van der Waals surface area contributed by atoms with Crippen molar-refractivity contribution in [2.75, 3.05) is 13.4 Å². The summed E-state index contributed by atoms with van der Waals surface area (Å²) in [6.45, 7) is 0. The Kier molecular flexibility index (Phi) is 4.68. The monoisotopic (exact) mass is 292 g/mol. The fourth-order valence-electron chi connectivity index (χ4n) is 1.93. The molecule has 1 heterocycles. The average Bonchev–Trinajstić information content (AvgIpc) is 2.46. The maximum atomic E-state index is 11.8. The third-order valence-corrected chi connectivity index (χ3v) is 3.92. The smallest absolute Gasteiger partial charge is 0.240 e. The fourth-order valence-corrected chi connectivity index (χ4v) is 2.83. The Balaban J connectivity index is 2.29. The Bertz CT molecular complexity index is 608. The molecule has 0 spiro atoms. The van der Waals surface area contributed by atoms with Gasteiger partial charge in [-0.25, -0.2) is 5.43 Å². The number of benzene rings is 1. The van der Waals surface area contributed by atoms with Gasteiger partial charge in [0, 0.05) is 19.1 Å². The van der Waals surface area contributed by atoms with E-state index in [1.165, 1.54) is 0 Å². The number of hydrogen-bond donors (Lipinski definition) is 1. The quantitative estimate of drug-likeness (QED) is 0.918. The molecule has 1 aliphatic heterocycles. The van der Waals surface area contributed by atoms with Gasteiger partial charge in [-0.15, -0.1) is 0 Å². The molecule has 20 heavy (non-hydrogen) atoms. The first kappa shape index (κ1) is 14.5. The number of rotatable bonds is 4. The molecule has 1 aromatic carbocycles. The van der Waals surface area contributed by atoms with E-state index in [0.717, 1.165) is 11.3 Å². The predicted molar refractivity (Wildman–Crippen MR) is 79.2 cm³/mol.